The van der Waals surface area contributed by atoms with Gasteiger partial charge in [0.1, 0.15) is 0 Å². The third kappa shape index (κ3) is 1.79. The van der Waals surface area contributed by atoms with Crippen molar-refractivity contribution in [1.29, 1.82) is 0 Å². The van der Waals surface area contributed by atoms with Crippen molar-refractivity contribution in [1.82, 2.24) is 9.78 Å². The molecule has 0 bridgehead atoms. The Bertz CT molecular complexity index is 570. The second-order valence-electron chi connectivity index (χ2n) is 4.48. The maximum atomic E-state index is 11.6. The van der Waals surface area contributed by atoms with Gasteiger partial charge in [0.05, 0.1) is 12.6 Å². The lowest BCUT2D eigenvalue weighted by Gasteiger charge is -2.00. The fourth-order valence-electron chi connectivity index (χ4n) is 2.06. The summed E-state index contributed by atoms with van der Waals surface area (Å²) >= 11 is 0. The number of aromatic nitrogens is 2. The molecule has 1 aliphatic rings. The Hall–Kier alpha value is -1.84. The molecular weight excluding hydrogens is 216 g/mol. The Kier molecular flexibility index (Phi) is 2.35. The van der Waals surface area contributed by atoms with E-state index in [1.807, 2.05) is 28.9 Å². The van der Waals surface area contributed by atoms with Gasteiger partial charge in [0, 0.05) is 11.9 Å². The molecule has 4 nitrogen and oxygen atoms in total. The van der Waals surface area contributed by atoms with Crippen molar-refractivity contribution in [3.63, 3.8) is 0 Å². The van der Waals surface area contributed by atoms with Crippen LogP contribution in [0.15, 0.2) is 24.3 Å². The van der Waals surface area contributed by atoms with Gasteiger partial charge in [-0.3, -0.25) is 4.68 Å². The normalized spacial score (nSPS) is 15.1. The van der Waals surface area contributed by atoms with Crippen LogP contribution in [0.25, 0.3) is 10.9 Å². The maximum absolute atomic E-state index is 11.6. The summed E-state index contributed by atoms with van der Waals surface area (Å²) in [5.74, 6) is 0.361. The number of para-hydroxylation sites is 1. The summed E-state index contributed by atoms with van der Waals surface area (Å²) in [6.45, 7) is 0.900. The number of hydrogen-bond acceptors (Lipinski definition) is 3. The Morgan fingerprint density at radius 3 is 2.94 bits per heavy atom. The largest absolute Gasteiger partial charge is 0.464 e. The van der Waals surface area contributed by atoms with Gasteiger partial charge in [-0.1, -0.05) is 18.2 Å². The molecule has 0 saturated heterocycles. The van der Waals surface area contributed by atoms with E-state index in [0.29, 0.717) is 5.69 Å². The molecule has 1 fully saturated rings. The molecule has 4 heteroatoms. The number of benzene rings is 1. The van der Waals surface area contributed by atoms with Crippen LogP contribution in [0.1, 0.15) is 23.3 Å². The highest BCUT2D eigenvalue weighted by Gasteiger charge is 2.25. The molecule has 88 valence electrons. The zero-order chi connectivity index (χ0) is 11.8. The maximum Gasteiger partial charge on any atom is 0.359 e. The smallest absolute Gasteiger partial charge is 0.359 e. The minimum Gasteiger partial charge on any atom is -0.464 e. The lowest BCUT2D eigenvalue weighted by Crippen LogP contribution is -2.06. The number of esters is 1. The van der Waals surface area contributed by atoms with E-state index in [4.69, 9.17) is 4.74 Å². The third-order valence-corrected chi connectivity index (χ3v) is 3.16. The lowest BCUT2D eigenvalue weighted by molar-refractivity contribution is 0.0595. The van der Waals surface area contributed by atoms with Gasteiger partial charge in [-0.05, 0) is 24.8 Å². The second-order valence-corrected chi connectivity index (χ2v) is 4.48. The molecule has 0 N–H and O–H groups in total. The fourth-order valence-corrected chi connectivity index (χ4v) is 2.06. The van der Waals surface area contributed by atoms with E-state index in [9.17, 15) is 4.79 Å². The molecule has 0 amide bonds. The highest BCUT2D eigenvalue weighted by Crippen LogP contribution is 2.32. The van der Waals surface area contributed by atoms with Crippen molar-refractivity contribution in [2.45, 2.75) is 19.4 Å². The predicted molar refractivity (Wildman–Crippen MR) is 63.8 cm³/mol. The number of rotatable bonds is 3. The van der Waals surface area contributed by atoms with E-state index in [1.165, 1.54) is 20.0 Å². The molecule has 1 saturated carbocycles. The number of ether oxygens (including phenoxy) is 1. The van der Waals surface area contributed by atoms with Gasteiger partial charge in [0.2, 0.25) is 0 Å². The van der Waals surface area contributed by atoms with Crippen molar-refractivity contribution >= 4 is 16.9 Å². The summed E-state index contributed by atoms with van der Waals surface area (Å²) in [7, 11) is 1.39. The summed E-state index contributed by atoms with van der Waals surface area (Å²) in [6.07, 6.45) is 2.53. The monoisotopic (exact) mass is 230 g/mol. The van der Waals surface area contributed by atoms with Crippen molar-refractivity contribution in [2.75, 3.05) is 7.11 Å². The lowest BCUT2D eigenvalue weighted by atomic mass is 10.2. The molecule has 0 unspecified atom stereocenters. The first kappa shape index (κ1) is 10.3. The van der Waals surface area contributed by atoms with E-state index in [-0.39, 0.29) is 5.97 Å². The summed E-state index contributed by atoms with van der Waals surface area (Å²) in [5.41, 5.74) is 1.43. The SMILES string of the molecule is COC(=O)c1nn(CC2CC2)c2ccccc12. The van der Waals surface area contributed by atoms with Crippen LogP contribution >= 0.6 is 0 Å². The number of nitrogens with zero attached hydrogens (tertiary/aromatic N) is 2. The van der Waals surface area contributed by atoms with Gasteiger partial charge >= 0.3 is 5.97 Å². The van der Waals surface area contributed by atoms with Gasteiger partial charge in [-0.2, -0.15) is 5.10 Å². The Morgan fingerprint density at radius 1 is 1.47 bits per heavy atom. The number of carbonyl (C=O) groups is 1. The second kappa shape index (κ2) is 3.87. The van der Waals surface area contributed by atoms with E-state index in [1.54, 1.807) is 0 Å². The van der Waals surface area contributed by atoms with Crippen LogP contribution in [-0.4, -0.2) is 22.9 Å². The molecule has 3 rings (SSSR count). The summed E-state index contributed by atoms with van der Waals surface area (Å²) in [4.78, 5) is 11.6. The summed E-state index contributed by atoms with van der Waals surface area (Å²) in [5, 5.41) is 5.26. The molecule has 1 aromatic heterocycles. The number of fused-ring (bicyclic) bond motifs is 1. The van der Waals surface area contributed by atoms with Crippen LogP contribution in [0.2, 0.25) is 0 Å². The van der Waals surface area contributed by atoms with Crippen LogP contribution in [0.5, 0.6) is 0 Å². The minimum atomic E-state index is -0.365. The molecular formula is C13H14N2O2. The first-order chi connectivity index (χ1) is 8.29. The van der Waals surface area contributed by atoms with Gasteiger partial charge in [0.15, 0.2) is 5.69 Å². The molecule has 0 spiro atoms. The van der Waals surface area contributed by atoms with E-state index >= 15 is 0 Å². The minimum absolute atomic E-state index is 0.365. The molecule has 0 radical (unpaired) electrons. The Morgan fingerprint density at radius 2 is 2.24 bits per heavy atom. The number of carbonyl (C=O) groups excluding carboxylic acids is 1. The quantitative estimate of drug-likeness (QED) is 0.759. The van der Waals surface area contributed by atoms with Gasteiger partial charge in [-0.25, -0.2) is 4.79 Å². The third-order valence-electron chi connectivity index (χ3n) is 3.16. The first-order valence-electron chi connectivity index (χ1n) is 5.83. The van der Waals surface area contributed by atoms with Crippen LogP contribution < -0.4 is 0 Å². The molecule has 0 atom stereocenters. The topological polar surface area (TPSA) is 44.1 Å². The molecule has 17 heavy (non-hydrogen) atoms. The van der Waals surface area contributed by atoms with Crippen LogP contribution in [0.4, 0.5) is 0 Å². The van der Waals surface area contributed by atoms with E-state index in [0.717, 1.165) is 23.4 Å². The van der Waals surface area contributed by atoms with Crippen LogP contribution in [-0.2, 0) is 11.3 Å². The molecule has 1 heterocycles. The summed E-state index contributed by atoms with van der Waals surface area (Å²) < 4.78 is 6.69. The van der Waals surface area contributed by atoms with Crippen LogP contribution in [0.3, 0.4) is 0 Å². The van der Waals surface area contributed by atoms with Gasteiger partial charge in [-0.15, -0.1) is 0 Å². The zero-order valence-corrected chi connectivity index (χ0v) is 9.72. The fraction of sp³-hybridized carbons (Fsp3) is 0.385. The van der Waals surface area contributed by atoms with Crippen LogP contribution in [0, 0.1) is 5.92 Å². The molecule has 2 aromatic rings. The summed E-state index contributed by atoms with van der Waals surface area (Å²) in [6, 6.07) is 7.79. The highest BCUT2D eigenvalue weighted by atomic mass is 16.5. The van der Waals surface area contributed by atoms with E-state index < -0.39 is 0 Å². The molecule has 1 aliphatic carbocycles. The van der Waals surface area contributed by atoms with Crippen molar-refractivity contribution < 1.29 is 9.53 Å². The average molecular weight is 230 g/mol. The van der Waals surface area contributed by atoms with E-state index in [2.05, 4.69) is 5.10 Å². The highest BCUT2D eigenvalue weighted by molar-refractivity contribution is 6.02. The Labute approximate surface area is 99.2 Å². The number of hydrogen-bond donors (Lipinski definition) is 0. The average Bonchev–Trinajstić information content (AvgIpc) is 3.10. The molecule has 0 aliphatic heterocycles. The predicted octanol–water partition coefficient (Wildman–Crippen LogP) is 2.23. The van der Waals surface area contributed by atoms with Gasteiger partial charge in [0.25, 0.3) is 0 Å². The first-order valence-corrected chi connectivity index (χ1v) is 5.83. The Balaban J connectivity index is 2.11. The van der Waals surface area contributed by atoms with Crippen molar-refractivity contribution in [3.05, 3.63) is 30.0 Å². The zero-order valence-electron chi connectivity index (χ0n) is 9.72. The van der Waals surface area contributed by atoms with Gasteiger partial charge < -0.3 is 4.74 Å². The standard InChI is InChI=1S/C13H14N2O2/c1-17-13(16)12-10-4-2-3-5-11(10)15(14-12)8-9-6-7-9/h2-5,9H,6-8H2,1H3. The van der Waals surface area contributed by atoms with Crippen molar-refractivity contribution in [3.8, 4) is 0 Å². The number of methoxy groups -OCH3 is 1. The van der Waals surface area contributed by atoms with Crippen molar-refractivity contribution in [2.24, 2.45) is 5.92 Å². The molecule has 1 aromatic carbocycles.